The number of nitrogens with zero attached hydrogens (tertiary/aromatic N) is 2. The van der Waals surface area contributed by atoms with Crippen molar-refractivity contribution in [3.8, 4) is 5.75 Å². The standard InChI is InChI=1S/C24H23N3O6S/c1-16-7-8-19(27(29)30)14-21(16)25-24(28)15-33-23-10-9-20(13-17(23)2)34(31,32)26-12-11-18-5-3-4-6-22(18)26/h3-10,13-14H,11-12,15H2,1-2H3,(H,25,28). The second-order valence-electron chi connectivity index (χ2n) is 7.98. The van der Waals surface area contributed by atoms with Crippen LogP contribution in [0.25, 0.3) is 0 Å². The number of hydrogen-bond acceptors (Lipinski definition) is 6. The molecule has 0 spiro atoms. The number of non-ortho nitro benzene ring substituents is 1. The van der Waals surface area contributed by atoms with Gasteiger partial charge in [-0.3, -0.25) is 19.2 Å². The van der Waals surface area contributed by atoms with Crippen LogP contribution in [0.4, 0.5) is 17.1 Å². The third-order valence-electron chi connectivity index (χ3n) is 5.64. The van der Waals surface area contributed by atoms with Gasteiger partial charge in [0.25, 0.3) is 21.6 Å². The number of sulfonamides is 1. The molecule has 0 radical (unpaired) electrons. The third kappa shape index (κ3) is 4.58. The van der Waals surface area contributed by atoms with Crippen molar-refractivity contribution in [2.24, 2.45) is 0 Å². The molecule has 0 atom stereocenters. The van der Waals surface area contributed by atoms with Crippen molar-refractivity contribution in [1.82, 2.24) is 0 Å². The average molecular weight is 482 g/mol. The van der Waals surface area contributed by atoms with Crippen LogP contribution in [0, 0.1) is 24.0 Å². The van der Waals surface area contributed by atoms with Gasteiger partial charge in [0.2, 0.25) is 0 Å². The Bertz CT molecular complexity index is 1390. The summed E-state index contributed by atoms with van der Waals surface area (Å²) in [4.78, 5) is 22.9. The van der Waals surface area contributed by atoms with Gasteiger partial charge in [-0.05, 0) is 61.2 Å². The largest absolute Gasteiger partial charge is 0.483 e. The molecule has 0 aromatic heterocycles. The first-order chi connectivity index (χ1) is 16.2. The Kier molecular flexibility index (Phi) is 6.25. The predicted molar refractivity (Wildman–Crippen MR) is 128 cm³/mol. The predicted octanol–water partition coefficient (Wildman–Crippen LogP) is 3.98. The first kappa shape index (κ1) is 23.2. The number of hydrogen-bond donors (Lipinski definition) is 1. The summed E-state index contributed by atoms with van der Waals surface area (Å²) in [7, 11) is -3.74. The maximum absolute atomic E-state index is 13.2. The van der Waals surface area contributed by atoms with Gasteiger partial charge in [0.1, 0.15) is 5.75 Å². The van der Waals surface area contributed by atoms with Gasteiger partial charge in [-0.2, -0.15) is 0 Å². The van der Waals surface area contributed by atoms with E-state index in [0.29, 0.717) is 41.2 Å². The number of fused-ring (bicyclic) bond motifs is 1. The van der Waals surface area contributed by atoms with Gasteiger partial charge >= 0.3 is 0 Å². The number of nitro benzene ring substituents is 1. The van der Waals surface area contributed by atoms with Crippen molar-refractivity contribution < 1.29 is 22.9 Å². The monoisotopic (exact) mass is 481 g/mol. The van der Waals surface area contributed by atoms with E-state index < -0.39 is 20.9 Å². The molecular formula is C24H23N3O6S. The maximum atomic E-state index is 13.2. The van der Waals surface area contributed by atoms with E-state index in [1.807, 2.05) is 18.2 Å². The Morgan fingerprint density at radius 3 is 2.59 bits per heavy atom. The number of amides is 1. The van der Waals surface area contributed by atoms with Crippen molar-refractivity contribution in [1.29, 1.82) is 0 Å². The highest BCUT2D eigenvalue weighted by atomic mass is 32.2. The molecule has 1 amide bonds. The van der Waals surface area contributed by atoms with Crippen LogP contribution in [-0.4, -0.2) is 32.4 Å². The third-order valence-corrected chi connectivity index (χ3v) is 7.45. The highest BCUT2D eigenvalue weighted by Gasteiger charge is 2.30. The quantitative estimate of drug-likeness (QED) is 0.403. The molecule has 0 saturated carbocycles. The van der Waals surface area contributed by atoms with Crippen molar-refractivity contribution in [3.05, 3.63) is 87.5 Å². The van der Waals surface area contributed by atoms with Gasteiger partial charge in [0, 0.05) is 18.7 Å². The van der Waals surface area contributed by atoms with Gasteiger partial charge in [-0.1, -0.05) is 24.3 Å². The van der Waals surface area contributed by atoms with Crippen molar-refractivity contribution >= 4 is 33.0 Å². The summed E-state index contributed by atoms with van der Waals surface area (Å²) >= 11 is 0. The van der Waals surface area contributed by atoms with E-state index in [1.165, 1.54) is 34.6 Å². The average Bonchev–Trinajstić information content (AvgIpc) is 3.24. The molecule has 176 valence electrons. The normalized spacial score (nSPS) is 12.8. The van der Waals surface area contributed by atoms with E-state index in [9.17, 15) is 23.3 Å². The molecular weight excluding hydrogens is 458 g/mol. The molecule has 1 aliphatic rings. The minimum atomic E-state index is -3.74. The SMILES string of the molecule is Cc1ccc([N+](=O)[O-])cc1NC(=O)COc1ccc(S(=O)(=O)N2CCc3ccccc32)cc1C. The first-order valence-corrected chi connectivity index (χ1v) is 12.0. The summed E-state index contributed by atoms with van der Waals surface area (Å²) in [5.41, 5.74) is 3.12. The topological polar surface area (TPSA) is 119 Å². The lowest BCUT2D eigenvalue weighted by Gasteiger charge is -2.20. The van der Waals surface area contributed by atoms with E-state index in [2.05, 4.69) is 5.32 Å². The first-order valence-electron chi connectivity index (χ1n) is 10.6. The summed E-state index contributed by atoms with van der Waals surface area (Å²) in [6.07, 6.45) is 0.661. The smallest absolute Gasteiger partial charge is 0.271 e. The number of nitro groups is 1. The van der Waals surface area contributed by atoms with E-state index >= 15 is 0 Å². The Morgan fingerprint density at radius 1 is 1.09 bits per heavy atom. The molecule has 0 saturated heterocycles. The molecule has 1 N–H and O–H groups in total. The maximum Gasteiger partial charge on any atom is 0.271 e. The van der Waals surface area contributed by atoms with Crippen LogP contribution in [0.2, 0.25) is 0 Å². The number of ether oxygens (including phenoxy) is 1. The van der Waals surface area contributed by atoms with Gasteiger partial charge in [0.15, 0.2) is 6.61 Å². The molecule has 0 unspecified atom stereocenters. The number of anilines is 2. The lowest BCUT2D eigenvalue weighted by molar-refractivity contribution is -0.384. The molecule has 4 rings (SSSR count). The van der Waals surface area contributed by atoms with Crippen LogP contribution in [0.5, 0.6) is 5.75 Å². The Labute approximate surface area is 197 Å². The van der Waals surface area contributed by atoms with Gasteiger partial charge < -0.3 is 10.1 Å². The number of benzene rings is 3. The second-order valence-corrected chi connectivity index (χ2v) is 9.84. The molecule has 10 heteroatoms. The van der Waals surface area contributed by atoms with E-state index in [4.69, 9.17) is 4.74 Å². The molecule has 9 nitrogen and oxygen atoms in total. The number of carbonyl (C=O) groups is 1. The zero-order chi connectivity index (χ0) is 24.5. The van der Waals surface area contributed by atoms with Crippen LogP contribution in [0.3, 0.4) is 0 Å². The highest BCUT2D eigenvalue weighted by Crippen LogP contribution is 2.33. The Morgan fingerprint density at radius 2 is 1.85 bits per heavy atom. The van der Waals surface area contributed by atoms with Gasteiger partial charge in [-0.15, -0.1) is 0 Å². The lowest BCUT2D eigenvalue weighted by atomic mass is 10.2. The van der Waals surface area contributed by atoms with Crippen molar-refractivity contribution in [3.63, 3.8) is 0 Å². The summed E-state index contributed by atoms with van der Waals surface area (Å²) in [5, 5.41) is 13.6. The Balaban J connectivity index is 1.45. The fraction of sp³-hybridized carbons (Fsp3) is 0.208. The molecule has 3 aromatic carbocycles. The summed E-state index contributed by atoms with van der Waals surface area (Å²) in [6.45, 7) is 3.47. The van der Waals surface area contributed by atoms with Gasteiger partial charge in [0.05, 0.1) is 21.2 Å². The molecule has 0 aliphatic carbocycles. The van der Waals surface area contributed by atoms with E-state index in [-0.39, 0.29) is 17.2 Å². The summed E-state index contributed by atoms with van der Waals surface area (Å²) in [5.74, 6) is -0.125. The van der Waals surface area contributed by atoms with Crippen molar-refractivity contribution in [2.75, 3.05) is 22.8 Å². The number of nitrogens with one attached hydrogen (secondary N) is 1. The molecule has 3 aromatic rings. The molecule has 0 bridgehead atoms. The summed E-state index contributed by atoms with van der Waals surface area (Å²) in [6, 6.07) is 16.1. The lowest BCUT2D eigenvalue weighted by Crippen LogP contribution is -2.29. The van der Waals surface area contributed by atoms with Crippen LogP contribution >= 0.6 is 0 Å². The Hall–Kier alpha value is -3.92. The summed E-state index contributed by atoms with van der Waals surface area (Å²) < 4.78 is 33.4. The van der Waals surface area contributed by atoms with Crippen LogP contribution in [-0.2, 0) is 21.2 Å². The van der Waals surface area contributed by atoms with Crippen LogP contribution in [0.15, 0.2) is 65.6 Å². The fourth-order valence-corrected chi connectivity index (χ4v) is 5.41. The zero-order valence-electron chi connectivity index (χ0n) is 18.6. The molecule has 34 heavy (non-hydrogen) atoms. The van der Waals surface area contributed by atoms with E-state index in [0.717, 1.165) is 5.56 Å². The molecule has 0 fully saturated rings. The number of carbonyl (C=O) groups excluding carboxylic acids is 1. The van der Waals surface area contributed by atoms with Crippen molar-refractivity contribution in [2.45, 2.75) is 25.2 Å². The second kappa shape index (κ2) is 9.14. The van der Waals surface area contributed by atoms with Gasteiger partial charge in [-0.25, -0.2) is 8.42 Å². The molecule has 1 heterocycles. The fourth-order valence-electron chi connectivity index (χ4n) is 3.82. The van der Waals surface area contributed by atoms with E-state index in [1.54, 1.807) is 26.0 Å². The minimum Gasteiger partial charge on any atom is -0.483 e. The highest BCUT2D eigenvalue weighted by molar-refractivity contribution is 7.92. The molecule has 1 aliphatic heterocycles. The number of para-hydroxylation sites is 1. The zero-order valence-corrected chi connectivity index (χ0v) is 19.5. The minimum absolute atomic E-state index is 0.130. The number of aryl methyl sites for hydroxylation is 2. The van der Waals surface area contributed by atoms with Crippen LogP contribution < -0.4 is 14.4 Å². The van der Waals surface area contributed by atoms with Crippen LogP contribution in [0.1, 0.15) is 16.7 Å². The number of rotatable bonds is 7.